The zero-order valence-corrected chi connectivity index (χ0v) is 16.0. The summed E-state index contributed by atoms with van der Waals surface area (Å²) in [7, 11) is 0. The van der Waals surface area contributed by atoms with Gasteiger partial charge < -0.3 is 9.47 Å². The Bertz CT molecular complexity index is 508. The molecule has 0 N–H and O–H groups in total. The monoisotopic (exact) mass is 338 g/mol. The summed E-state index contributed by atoms with van der Waals surface area (Å²) in [5.41, 5.74) is 0.297. The molecule has 0 aliphatic carbocycles. The molecule has 1 aromatic heterocycles. The maximum atomic E-state index is 12.0. The molecule has 0 amide bonds. The minimum absolute atomic E-state index is 0.00161. The molecule has 0 bridgehead atoms. The summed E-state index contributed by atoms with van der Waals surface area (Å²) in [5, 5.41) is 1.89. The molecule has 1 aliphatic rings. The molecule has 0 aromatic carbocycles. The Labute approximate surface area is 144 Å². The van der Waals surface area contributed by atoms with Crippen LogP contribution in [0.15, 0.2) is 17.5 Å². The van der Waals surface area contributed by atoms with Crippen LogP contribution in [0.4, 0.5) is 0 Å². The molecule has 1 aliphatic heterocycles. The minimum atomic E-state index is -0.242. The maximum absolute atomic E-state index is 12.0. The molecule has 3 atom stereocenters. The summed E-state index contributed by atoms with van der Waals surface area (Å²) < 4.78 is 11.8. The Morgan fingerprint density at radius 3 is 2.43 bits per heavy atom. The first-order valence-electron chi connectivity index (χ1n) is 8.45. The van der Waals surface area contributed by atoms with E-state index in [2.05, 4.69) is 41.5 Å². The van der Waals surface area contributed by atoms with Crippen LogP contribution in [0.2, 0.25) is 0 Å². The first kappa shape index (κ1) is 18.5. The molecule has 0 spiro atoms. The average Bonchev–Trinajstić information content (AvgIpc) is 2.96. The Morgan fingerprint density at radius 2 is 1.91 bits per heavy atom. The summed E-state index contributed by atoms with van der Waals surface area (Å²) >= 11 is 1.41. The lowest BCUT2D eigenvalue weighted by Gasteiger charge is -2.48. The SMILES string of the molecule is CC(C)(C)C1CCC(COC(=O)c2cccs2)OC1C(C)(C)C. The van der Waals surface area contributed by atoms with Gasteiger partial charge in [-0.05, 0) is 41.0 Å². The van der Waals surface area contributed by atoms with Gasteiger partial charge in [-0.3, -0.25) is 0 Å². The predicted octanol–water partition coefficient (Wildman–Crippen LogP) is 5.16. The van der Waals surface area contributed by atoms with Crippen molar-refractivity contribution in [3.63, 3.8) is 0 Å². The summed E-state index contributed by atoms with van der Waals surface area (Å²) in [6.45, 7) is 13.9. The first-order chi connectivity index (χ1) is 10.6. The van der Waals surface area contributed by atoms with Crippen LogP contribution in [0.25, 0.3) is 0 Å². The highest BCUT2D eigenvalue weighted by Crippen LogP contribution is 2.44. The molecule has 3 nitrogen and oxygen atoms in total. The number of esters is 1. The van der Waals surface area contributed by atoms with Crippen molar-refractivity contribution in [3.8, 4) is 0 Å². The topological polar surface area (TPSA) is 35.5 Å². The van der Waals surface area contributed by atoms with E-state index in [1.807, 2.05) is 11.4 Å². The van der Waals surface area contributed by atoms with E-state index < -0.39 is 0 Å². The van der Waals surface area contributed by atoms with Gasteiger partial charge in [0, 0.05) is 0 Å². The lowest BCUT2D eigenvalue weighted by atomic mass is 9.66. The molecule has 0 radical (unpaired) electrons. The lowest BCUT2D eigenvalue weighted by Crippen LogP contribution is -2.49. The summed E-state index contributed by atoms with van der Waals surface area (Å²) in [6, 6.07) is 3.66. The number of hydrogen-bond donors (Lipinski definition) is 0. The third-order valence-electron chi connectivity index (χ3n) is 4.59. The second kappa shape index (κ2) is 6.94. The van der Waals surface area contributed by atoms with Crippen molar-refractivity contribution in [2.24, 2.45) is 16.7 Å². The molecule has 1 aromatic rings. The zero-order chi connectivity index (χ0) is 17.3. The summed E-state index contributed by atoms with van der Waals surface area (Å²) in [6.07, 6.45) is 2.25. The van der Waals surface area contributed by atoms with Crippen molar-refractivity contribution in [3.05, 3.63) is 22.4 Å². The second-order valence-electron chi connectivity index (χ2n) is 8.67. The highest BCUT2D eigenvalue weighted by atomic mass is 32.1. The molecule has 1 saturated heterocycles. The Morgan fingerprint density at radius 1 is 1.22 bits per heavy atom. The van der Waals surface area contributed by atoms with Gasteiger partial charge in [0.25, 0.3) is 0 Å². The van der Waals surface area contributed by atoms with E-state index in [4.69, 9.17) is 9.47 Å². The maximum Gasteiger partial charge on any atom is 0.348 e. The van der Waals surface area contributed by atoms with E-state index in [0.717, 1.165) is 12.8 Å². The van der Waals surface area contributed by atoms with E-state index in [-0.39, 0.29) is 29.0 Å². The fourth-order valence-corrected chi connectivity index (χ4v) is 3.95. The van der Waals surface area contributed by atoms with Crippen LogP contribution >= 0.6 is 11.3 Å². The van der Waals surface area contributed by atoms with Crippen LogP contribution in [0.5, 0.6) is 0 Å². The Kier molecular flexibility index (Phi) is 5.57. The molecule has 2 heterocycles. The third kappa shape index (κ3) is 4.80. The summed E-state index contributed by atoms with van der Waals surface area (Å²) in [4.78, 5) is 12.6. The average molecular weight is 339 g/mol. The van der Waals surface area contributed by atoms with Gasteiger partial charge in [0.15, 0.2) is 0 Å². The molecule has 0 saturated carbocycles. The quantitative estimate of drug-likeness (QED) is 0.714. The van der Waals surface area contributed by atoms with E-state index >= 15 is 0 Å². The molecule has 1 fully saturated rings. The van der Waals surface area contributed by atoms with Gasteiger partial charge in [-0.2, -0.15) is 0 Å². The van der Waals surface area contributed by atoms with E-state index in [9.17, 15) is 4.79 Å². The van der Waals surface area contributed by atoms with Gasteiger partial charge in [0.2, 0.25) is 0 Å². The highest BCUT2D eigenvalue weighted by Gasteiger charge is 2.43. The Balaban J connectivity index is 1.97. The number of rotatable bonds is 3. The van der Waals surface area contributed by atoms with E-state index in [0.29, 0.717) is 17.4 Å². The van der Waals surface area contributed by atoms with E-state index in [1.54, 1.807) is 6.07 Å². The van der Waals surface area contributed by atoms with Crippen molar-refractivity contribution in [1.82, 2.24) is 0 Å². The third-order valence-corrected chi connectivity index (χ3v) is 5.44. The van der Waals surface area contributed by atoms with Gasteiger partial charge in [0.05, 0.1) is 12.2 Å². The number of carbonyl (C=O) groups excluding carboxylic acids is 1. The fraction of sp³-hybridized carbons (Fsp3) is 0.737. The number of hydrogen-bond acceptors (Lipinski definition) is 4. The number of carbonyl (C=O) groups is 1. The molecule has 23 heavy (non-hydrogen) atoms. The van der Waals surface area contributed by atoms with E-state index in [1.165, 1.54) is 11.3 Å². The normalized spacial score (nSPS) is 26.1. The van der Waals surface area contributed by atoms with Crippen molar-refractivity contribution < 1.29 is 14.3 Å². The first-order valence-corrected chi connectivity index (χ1v) is 9.33. The van der Waals surface area contributed by atoms with Crippen LogP contribution in [-0.2, 0) is 9.47 Å². The van der Waals surface area contributed by atoms with Crippen molar-refractivity contribution in [2.75, 3.05) is 6.61 Å². The largest absolute Gasteiger partial charge is 0.459 e. The van der Waals surface area contributed by atoms with Gasteiger partial charge in [-0.15, -0.1) is 11.3 Å². The molecule has 4 heteroatoms. The van der Waals surface area contributed by atoms with Crippen LogP contribution < -0.4 is 0 Å². The molecule has 3 unspecified atom stereocenters. The molecular formula is C19H30O3S. The zero-order valence-electron chi connectivity index (χ0n) is 15.2. The highest BCUT2D eigenvalue weighted by molar-refractivity contribution is 7.11. The van der Waals surface area contributed by atoms with Crippen molar-refractivity contribution >= 4 is 17.3 Å². The smallest absolute Gasteiger partial charge is 0.348 e. The molecular weight excluding hydrogens is 308 g/mol. The van der Waals surface area contributed by atoms with Crippen molar-refractivity contribution in [1.29, 1.82) is 0 Å². The van der Waals surface area contributed by atoms with Gasteiger partial charge in [-0.1, -0.05) is 47.6 Å². The van der Waals surface area contributed by atoms with Crippen LogP contribution in [-0.4, -0.2) is 24.8 Å². The Hall–Kier alpha value is -0.870. The molecule has 130 valence electrons. The number of ether oxygens (including phenoxy) is 2. The van der Waals surface area contributed by atoms with Crippen LogP contribution in [0.3, 0.4) is 0 Å². The van der Waals surface area contributed by atoms with Crippen LogP contribution in [0, 0.1) is 16.7 Å². The predicted molar refractivity (Wildman–Crippen MR) is 94.9 cm³/mol. The summed E-state index contributed by atoms with van der Waals surface area (Å²) in [5.74, 6) is 0.278. The van der Waals surface area contributed by atoms with Gasteiger partial charge in [0.1, 0.15) is 11.5 Å². The second-order valence-corrected chi connectivity index (χ2v) is 9.62. The lowest BCUT2D eigenvalue weighted by molar-refractivity contribution is -0.164. The fourth-order valence-electron chi connectivity index (χ4n) is 3.34. The minimum Gasteiger partial charge on any atom is -0.459 e. The molecule has 2 rings (SSSR count). The number of thiophene rings is 1. The van der Waals surface area contributed by atoms with Gasteiger partial charge >= 0.3 is 5.97 Å². The van der Waals surface area contributed by atoms with Gasteiger partial charge in [-0.25, -0.2) is 4.79 Å². The van der Waals surface area contributed by atoms with Crippen molar-refractivity contribution in [2.45, 2.75) is 66.6 Å². The van der Waals surface area contributed by atoms with Crippen LogP contribution in [0.1, 0.15) is 64.1 Å². The standard InChI is InChI=1S/C19H30O3S/c1-18(2,3)14-10-9-13(22-16(14)19(4,5)6)12-21-17(20)15-8-7-11-23-15/h7-8,11,13-14,16H,9-10,12H2,1-6H3.